The number of allylic oxidation sites excluding steroid dienone is 1. The Labute approximate surface area is 297 Å². The molecule has 4 rings (SSSR count). The van der Waals surface area contributed by atoms with Crippen LogP contribution in [0, 0.1) is 0 Å². The molecule has 1 fully saturated rings. The lowest BCUT2D eigenvalue weighted by molar-refractivity contribution is -0.139. The summed E-state index contributed by atoms with van der Waals surface area (Å²) in [7, 11) is 3.71. The molecule has 1 saturated heterocycles. The topological polar surface area (TPSA) is 124 Å². The van der Waals surface area contributed by atoms with Gasteiger partial charge < -0.3 is 29.2 Å². The van der Waals surface area contributed by atoms with Gasteiger partial charge in [-0.25, -0.2) is 14.4 Å². The number of rotatable bonds is 10. The summed E-state index contributed by atoms with van der Waals surface area (Å²) in [5.74, 6) is -3.18. The van der Waals surface area contributed by atoms with E-state index >= 15 is 0 Å². The molecule has 1 N–H and O–H groups in total. The molecular formula is C36H43Cl2N3O8. The van der Waals surface area contributed by atoms with Crippen molar-refractivity contribution in [3.05, 3.63) is 91.7 Å². The number of nitrogens with one attached hydrogen (secondary N) is 1. The third kappa shape index (κ3) is 9.35. The molecule has 13 heteroatoms. The SMILES string of the molecule is COC(=O)CC1=C(C(=O)OC)C(c2c(Cl)cccc2Cl)C(C(=O)OC)=C(CCc2ccccc2CN2CCN(C(=O)OC(C)(C)C)CC2)N1. The zero-order valence-electron chi connectivity index (χ0n) is 28.7. The molecule has 1 amide bonds. The van der Waals surface area contributed by atoms with E-state index in [-0.39, 0.29) is 39.4 Å². The number of carbonyl (C=O) groups excluding carboxylic acids is 4. The van der Waals surface area contributed by atoms with E-state index in [0.717, 1.165) is 11.1 Å². The summed E-state index contributed by atoms with van der Waals surface area (Å²) in [5, 5.41) is 3.64. The van der Waals surface area contributed by atoms with Gasteiger partial charge in [0.05, 0.1) is 44.8 Å². The van der Waals surface area contributed by atoms with Gasteiger partial charge in [-0.05, 0) is 56.9 Å². The third-order valence-electron chi connectivity index (χ3n) is 8.36. The first-order valence-corrected chi connectivity index (χ1v) is 16.7. The summed E-state index contributed by atoms with van der Waals surface area (Å²) in [6.07, 6.45) is 0.197. The van der Waals surface area contributed by atoms with Crippen molar-refractivity contribution < 1.29 is 38.1 Å². The Morgan fingerprint density at radius 3 is 1.90 bits per heavy atom. The Morgan fingerprint density at radius 1 is 0.776 bits per heavy atom. The molecule has 0 aromatic heterocycles. The molecule has 2 aromatic rings. The highest BCUT2D eigenvalue weighted by Crippen LogP contribution is 2.46. The number of aryl methyl sites for hydroxylation is 1. The number of benzene rings is 2. The summed E-state index contributed by atoms with van der Waals surface area (Å²) in [6, 6.07) is 12.9. The molecule has 1 unspecified atom stereocenters. The fourth-order valence-electron chi connectivity index (χ4n) is 6.01. The molecule has 2 heterocycles. The number of methoxy groups -OCH3 is 3. The van der Waals surface area contributed by atoms with E-state index in [4.69, 9.17) is 42.1 Å². The molecule has 49 heavy (non-hydrogen) atoms. The zero-order chi connectivity index (χ0) is 35.9. The largest absolute Gasteiger partial charge is 0.469 e. The number of esters is 3. The van der Waals surface area contributed by atoms with Crippen LogP contribution < -0.4 is 5.32 Å². The van der Waals surface area contributed by atoms with Gasteiger partial charge in [0.25, 0.3) is 0 Å². The number of ether oxygens (including phenoxy) is 4. The molecule has 0 saturated carbocycles. The summed E-state index contributed by atoms with van der Waals surface area (Å²) in [4.78, 5) is 56.1. The van der Waals surface area contributed by atoms with Gasteiger partial charge >= 0.3 is 24.0 Å². The summed E-state index contributed by atoms with van der Waals surface area (Å²) >= 11 is 13.4. The van der Waals surface area contributed by atoms with Crippen molar-refractivity contribution >= 4 is 47.2 Å². The van der Waals surface area contributed by atoms with Crippen molar-refractivity contribution in [1.29, 1.82) is 0 Å². The molecular weight excluding hydrogens is 673 g/mol. The van der Waals surface area contributed by atoms with Crippen molar-refractivity contribution in [2.75, 3.05) is 47.5 Å². The Balaban J connectivity index is 1.67. The van der Waals surface area contributed by atoms with E-state index in [0.29, 0.717) is 56.8 Å². The maximum Gasteiger partial charge on any atom is 0.410 e. The minimum absolute atomic E-state index is 0.00188. The van der Waals surface area contributed by atoms with E-state index in [1.54, 1.807) is 23.1 Å². The van der Waals surface area contributed by atoms with Gasteiger partial charge in [0.1, 0.15) is 5.60 Å². The highest BCUT2D eigenvalue weighted by atomic mass is 35.5. The normalized spacial score (nSPS) is 17.0. The molecule has 2 aromatic carbocycles. The second kappa shape index (κ2) is 16.6. The van der Waals surface area contributed by atoms with Crippen LogP contribution in [0.3, 0.4) is 0 Å². The zero-order valence-corrected chi connectivity index (χ0v) is 30.2. The fourth-order valence-corrected chi connectivity index (χ4v) is 6.63. The number of halogens is 2. The second-order valence-electron chi connectivity index (χ2n) is 12.7. The van der Waals surface area contributed by atoms with Crippen LogP contribution in [0.5, 0.6) is 0 Å². The summed E-state index contributed by atoms with van der Waals surface area (Å²) in [5.41, 5.74) is 2.66. The monoisotopic (exact) mass is 715 g/mol. The van der Waals surface area contributed by atoms with E-state index in [2.05, 4.69) is 16.3 Å². The van der Waals surface area contributed by atoms with Gasteiger partial charge in [-0.15, -0.1) is 0 Å². The molecule has 0 aliphatic carbocycles. The predicted molar refractivity (Wildman–Crippen MR) is 185 cm³/mol. The van der Waals surface area contributed by atoms with Gasteiger partial charge in [-0.1, -0.05) is 53.5 Å². The van der Waals surface area contributed by atoms with Crippen molar-refractivity contribution in [1.82, 2.24) is 15.1 Å². The Hall–Kier alpha value is -4.06. The van der Waals surface area contributed by atoms with Crippen molar-refractivity contribution in [3.8, 4) is 0 Å². The first kappa shape index (κ1) is 37.8. The van der Waals surface area contributed by atoms with E-state index in [1.165, 1.54) is 21.3 Å². The lowest BCUT2D eigenvalue weighted by Crippen LogP contribution is -2.49. The number of amides is 1. The Morgan fingerprint density at radius 2 is 1.35 bits per heavy atom. The Kier molecular flexibility index (Phi) is 12.8. The predicted octanol–water partition coefficient (Wildman–Crippen LogP) is 5.78. The lowest BCUT2D eigenvalue weighted by atomic mass is 9.78. The number of hydrogen-bond acceptors (Lipinski definition) is 10. The highest BCUT2D eigenvalue weighted by molar-refractivity contribution is 6.36. The molecule has 1 atom stereocenters. The van der Waals surface area contributed by atoms with Crippen LogP contribution in [-0.4, -0.2) is 86.9 Å². The average molecular weight is 717 g/mol. The quantitative estimate of drug-likeness (QED) is 0.239. The fraction of sp³-hybridized carbons (Fsp3) is 0.444. The van der Waals surface area contributed by atoms with Gasteiger partial charge in [-0.2, -0.15) is 0 Å². The number of dihydropyridines is 1. The van der Waals surface area contributed by atoms with Crippen LogP contribution in [0.4, 0.5) is 4.79 Å². The molecule has 2 aliphatic heterocycles. The van der Waals surface area contributed by atoms with Gasteiger partial charge in [0.15, 0.2) is 0 Å². The van der Waals surface area contributed by atoms with Crippen LogP contribution >= 0.6 is 23.2 Å². The first-order chi connectivity index (χ1) is 23.3. The van der Waals surface area contributed by atoms with Crippen molar-refractivity contribution in [2.45, 2.75) is 58.1 Å². The molecule has 0 radical (unpaired) electrons. The second-order valence-corrected chi connectivity index (χ2v) is 13.5. The van der Waals surface area contributed by atoms with Crippen LogP contribution in [0.25, 0.3) is 0 Å². The summed E-state index contributed by atoms with van der Waals surface area (Å²) < 4.78 is 20.9. The van der Waals surface area contributed by atoms with E-state index < -0.39 is 29.4 Å². The van der Waals surface area contributed by atoms with Crippen LogP contribution in [-0.2, 0) is 46.3 Å². The van der Waals surface area contributed by atoms with Gasteiger partial charge in [-0.3, -0.25) is 9.69 Å². The maximum absolute atomic E-state index is 13.6. The number of carbonyl (C=O) groups is 4. The smallest absolute Gasteiger partial charge is 0.410 e. The standard InChI is InChI=1S/C36H43Cl2N3O8/c1-36(2,3)49-35(45)41-18-16-40(17-19-41)21-23-11-8-7-10-22(23)14-15-26-30(33(43)47-5)32(29-24(37)12-9-13-25(29)38)31(34(44)48-6)27(39-26)20-28(42)46-4/h7-13,32,39H,14-21H2,1-6H3. The molecule has 0 spiro atoms. The van der Waals surface area contributed by atoms with Crippen LogP contribution in [0.15, 0.2) is 65.0 Å². The lowest BCUT2D eigenvalue weighted by Gasteiger charge is -2.36. The van der Waals surface area contributed by atoms with Crippen molar-refractivity contribution in [2.24, 2.45) is 0 Å². The minimum atomic E-state index is -1.10. The molecule has 0 bridgehead atoms. The molecule has 264 valence electrons. The van der Waals surface area contributed by atoms with E-state index in [9.17, 15) is 19.2 Å². The van der Waals surface area contributed by atoms with Gasteiger partial charge in [0, 0.05) is 59.7 Å². The maximum atomic E-state index is 13.6. The van der Waals surface area contributed by atoms with Crippen LogP contribution in [0.1, 0.15) is 56.2 Å². The number of hydrogen-bond donors (Lipinski definition) is 1. The minimum Gasteiger partial charge on any atom is -0.469 e. The number of piperazine rings is 1. The van der Waals surface area contributed by atoms with Crippen LogP contribution in [0.2, 0.25) is 10.0 Å². The molecule has 11 nitrogen and oxygen atoms in total. The summed E-state index contributed by atoms with van der Waals surface area (Å²) in [6.45, 7) is 8.70. The average Bonchev–Trinajstić information content (AvgIpc) is 3.06. The van der Waals surface area contributed by atoms with Gasteiger partial charge in [0.2, 0.25) is 0 Å². The van der Waals surface area contributed by atoms with Crippen molar-refractivity contribution in [3.63, 3.8) is 0 Å². The first-order valence-electron chi connectivity index (χ1n) is 15.9. The highest BCUT2D eigenvalue weighted by Gasteiger charge is 2.42. The van der Waals surface area contributed by atoms with E-state index in [1.807, 2.05) is 39.0 Å². The third-order valence-corrected chi connectivity index (χ3v) is 9.02. The molecule has 2 aliphatic rings. The Bertz CT molecular complexity index is 1620. The number of nitrogens with zero attached hydrogens (tertiary/aromatic N) is 2.